The number of allylic oxidation sites excluding steroid dienone is 5. The summed E-state index contributed by atoms with van der Waals surface area (Å²) in [5, 5.41) is 10.6. The maximum absolute atomic E-state index is 4.31. The van der Waals surface area contributed by atoms with E-state index in [-0.39, 0.29) is 0 Å². The van der Waals surface area contributed by atoms with E-state index < -0.39 is 0 Å². The molecule has 1 aliphatic rings. The summed E-state index contributed by atoms with van der Waals surface area (Å²) in [6, 6.07) is 2.16. The van der Waals surface area contributed by atoms with Crippen molar-refractivity contribution in [2.24, 2.45) is 11.8 Å². The van der Waals surface area contributed by atoms with Crippen molar-refractivity contribution < 1.29 is 0 Å². The number of hydrogen-bond acceptors (Lipinski definition) is 2. The second kappa shape index (κ2) is 8.91. The summed E-state index contributed by atoms with van der Waals surface area (Å²) in [4.78, 5) is 0. The number of nitrogens with one attached hydrogen (secondary N) is 2. The molecule has 24 heavy (non-hydrogen) atoms. The molecule has 0 aromatic carbocycles. The predicted octanol–water partition coefficient (Wildman–Crippen LogP) is 5.83. The molecule has 3 nitrogen and oxygen atoms in total. The molecule has 0 aliphatic heterocycles. The molecule has 1 aromatic rings. The van der Waals surface area contributed by atoms with E-state index in [4.69, 9.17) is 0 Å². The Kier molecular flexibility index (Phi) is 6.89. The lowest BCUT2D eigenvalue weighted by Crippen LogP contribution is -2.03. The molecule has 1 heterocycles. The molecular formula is C21H33N3. The van der Waals surface area contributed by atoms with Gasteiger partial charge in [-0.05, 0) is 43.1 Å². The first-order chi connectivity index (χ1) is 11.6. The lowest BCUT2D eigenvalue weighted by atomic mass is 9.88. The fourth-order valence-electron chi connectivity index (χ4n) is 3.71. The molecule has 0 bridgehead atoms. The molecule has 2 rings (SSSR count). The normalized spacial score (nSPS) is 22.2. The van der Waals surface area contributed by atoms with Crippen LogP contribution in [0.5, 0.6) is 0 Å². The maximum Gasteiger partial charge on any atom is 0.147 e. The van der Waals surface area contributed by atoms with Gasteiger partial charge in [-0.3, -0.25) is 5.10 Å². The highest BCUT2D eigenvalue weighted by Crippen LogP contribution is 2.43. The Hall–Kier alpha value is -1.77. The Labute approximate surface area is 147 Å². The van der Waals surface area contributed by atoms with Gasteiger partial charge in [-0.2, -0.15) is 5.10 Å². The molecule has 1 aliphatic carbocycles. The van der Waals surface area contributed by atoms with Crippen LogP contribution in [0.2, 0.25) is 0 Å². The van der Waals surface area contributed by atoms with Crippen LogP contribution in [0.4, 0.5) is 5.82 Å². The number of nitrogens with zero attached hydrogens (tertiary/aromatic N) is 1. The Morgan fingerprint density at radius 2 is 2.25 bits per heavy atom. The van der Waals surface area contributed by atoms with Crippen LogP contribution in [0.1, 0.15) is 64.5 Å². The van der Waals surface area contributed by atoms with E-state index in [1.807, 2.05) is 13.1 Å². The fraction of sp³-hybridized carbons (Fsp3) is 0.571. The third-order valence-corrected chi connectivity index (χ3v) is 5.12. The summed E-state index contributed by atoms with van der Waals surface area (Å²) in [6.45, 7) is 10.7. The highest BCUT2D eigenvalue weighted by atomic mass is 15.2. The first-order valence-corrected chi connectivity index (χ1v) is 9.35. The minimum Gasteiger partial charge on any atom is -0.372 e. The Morgan fingerprint density at radius 1 is 1.46 bits per heavy atom. The smallest absolute Gasteiger partial charge is 0.147 e. The van der Waals surface area contributed by atoms with Crippen molar-refractivity contribution in [2.75, 3.05) is 12.4 Å². The number of hydrogen-bond donors (Lipinski definition) is 2. The van der Waals surface area contributed by atoms with Crippen molar-refractivity contribution in [2.45, 2.75) is 58.8 Å². The zero-order chi connectivity index (χ0) is 17.5. The number of anilines is 1. The van der Waals surface area contributed by atoms with Crippen molar-refractivity contribution in [1.82, 2.24) is 10.2 Å². The highest BCUT2D eigenvalue weighted by Gasteiger charge is 2.29. The molecule has 2 N–H and O–H groups in total. The molecule has 0 radical (unpaired) electrons. The first-order valence-electron chi connectivity index (χ1n) is 9.35. The Morgan fingerprint density at radius 3 is 2.83 bits per heavy atom. The van der Waals surface area contributed by atoms with Crippen LogP contribution in [0, 0.1) is 11.8 Å². The lowest BCUT2D eigenvalue weighted by molar-refractivity contribution is 0.587. The van der Waals surface area contributed by atoms with Crippen LogP contribution in [0.15, 0.2) is 42.0 Å². The van der Waals surface area contributed by atoms with Crippen molar-refractivity contribution in [3.8, 4) is 0 Å². The Balaban J connectivity index is 2.14. The molecule has 0 saturated heterocycles. The van der Waals surface area contributed by atoms with E-state index in [9.17, 15) is 0 Å². The quantitative estimate of drug-likeness (QED) is 0.590. The van der Waals surface area contributed by atoms with Gasteiger partial charge in [0.1, 0.15) is 5.82 Å². The Bertz CT molecular complexity index is 592. The van der Waals surface area contributed by atoms with E-state index in [2.05, 4.69) is 61.1 Å². The lowest BCUT2D eigenvalue weighted by Gasteiger charge is -2.17. The molecule has 1 saturated carbocycles. The number of H-pyrrole nitrogens is 1. The molecule has 0 spiro atoms. The van der Waals surface area contributed by atoms with E-state index in [1.54, 1.807) is 5.57 Å². The molecule has 132 valence electrons. The maximum atomic E-state index is 4.31. The van der Waals surface area contributed by atoms with Gasteiger partial charge in [0.05, 0.1) is 0 Å². The average molecular weight is 328 g/mol. The van der Waals surface area contributed by atoms with Gasteiger partial charge in [0.25, 0.3) is 0 Å². The van der Waals surface area contributed by atoms with E-state index in [0.29, 0.717) is 17.8 Å². The van der Waals surface area contributed by atoms with Gasteiger partial charge in [-0.1, -0.05) is 57.6 Å². The third-order valence-electron chi connectivity index (χ3n) is 5.12. The number of aromatic nitrogens is 2. The SMILES string of the molecule is C=C/C=C(\C=C(/CCC)C1CCC(c2cc(NC)n[nH]2)C1)C(C)C. The van der Waals surface area contributed by atoms with Gasteiger partial charge in [0.2, 0.25) is 0 Å². The number of rotatable bonds is 8. The summed E-state index contributed by atoms with van der Waals surface area (Å²) in [7, 11) is 1.92. The first kappa shape index (κ1) is 18.6. The second-order valence-corrected chi connectivity index (χ2v) is 7.19. The summed E-state index contributed by atoms with van der Waals surface area (Å²) < 4.78 is 0. The van der Waals surface area contributed by atoms with Gasteiger partial charge in [-0.15, -0.1) is 0 Å². The molecule has 2 atom stereocenters. The largest absolute Gasteiger partial charge is 0.372 e. The fourth-order valence-corrected chi connectivity index (χ4v) is 3.71. The van der Waals surface area contributed by atoms with E-state index >= 15 is 0 Å². The van der Waals surface area contributed by atoms with Crippen LogP contribution in [0.25, 0.3) is 0 Å². The summed E-state index contributed by atoms with van der Waals surface area (Å²) in [5.74, 6) is 2.78. The second-order valence-electron chi connectivity index (χ2n) is 7.19. The van der Waals surface area contributed by atoms with Crippen LogP contribution in [-0.4, -0.2) is 17.2 Å². The minimum absolute atomic E-state index is 0.540. The predicted molar refractivity (Wildman–Crippen MR) is 104 cm³/mol. The molecular weight excluding hydrogens is 294 g/mol. The highest BCUT2D eigenvalue weighted by molar-refractivity contribution is 5.36. The topological polar surface area (TPSA) is 40.7 Å². The van der Waals surface area contributed by atoms with Crippen molar-refractivity contribution in [3.05, 3.63) is 47.7 Å². The molecule has 1 aromatic heterocycles. The van der Waals surface area contributed by atoms with Crippen molar-refractivity contribution in [1.29, 1.82) is 0 Å². The molecule has 0 amide bonds. The van der Waals surface area contributed by atoms with Crippen LogP contribution < -0.4 is 5.32 Å². The van der Waals surface area contributed by atoms with E-state index in [1.165, 1.54) is 43.4 Å². The summed E-state index contributed by atoms with van der Waals surface area (Å²) in [6.07, 6.45) is 12.7. The number of aromatic amines is 1. The van der Waals surface area contributed by atoms with Crippen LogP contribution >= 0.6 is 0 Å². The zero-order valence-corrected chi connectivity index (χ0v) is 15.7. The van der Waals surface area contributed by atoms with Crippen molar-refractivity contribution in [3.63, 3.8) is 0 Å². The van der Waals surface area contributed by atoms with Gasteiger partial charge >= 0.3 is 0 Å². The minimum atomic E-state index is 0.540. The monoisotopic (exact) mass is 327 g/mol. The summed E-state index contributed by atoms with van der Waals surface area (Å²) in [5.41, 5.74) is 4.30. The van der Waals surface area contributed by atoms with Gasteiger partial charge in [0, 0.05) is 24.7 Å². The average Bonchev–Trinajstić information content (AvgIpc) is 3.22. The van der Waals surface area contributed by atoms with Gasteiger partial charge in [-0.25, -0.2) is 0 Å². The molecule has 2 unspecified atom stereocenters. The summed E-state index contributed by atoms with van der Waals surface area (Å²) >= 11 is 0. The van der Waals surface area contributed by atoms with Gasteiger partial charge in [0.15, 0.2) is 0 Å². The van der Waals surface area contributed by atoms with E-state index in [0.717, 1.165) is 5.82 Å². The van der Waals surface area contributed by atoms with Crippen LogP contribution in [-0.2, 0) is 0 Å². The van der Waals surface area contributed by atoms with Crippen LogP contribution in [0.3, 0.4) is 0 Å². The zero-order valence-electron chi connectivity index (χ0n) is 15.7. The standard InChI is InChI=1S/C21H33N3/c1-6-8-16(15(3)4)12-17(9-7-2)18-10-11-19(13-18)20-14-21(22-5)24-23-20/h6,8,12,14-15,18-19H,1,7,9-11,13H2,2-5H3,(H2,22,23,24)/b16-8+,17-12+. The third kappa shape index (κ3) is 4.62. The van der Waals surface area contributed by atoms with Gasteiger partial charge < -0.3 is 5.32 Å². The molecule has 3 heteroatoms. The van der Waals surface area contributed by atoms with Crippen molar-refractivity contribution >= 4 is 5.82 Å². The molecule has 1 fully saturated rings.